The molecule has 1 atom stereocenters. The molecule has 1 heterocycles. The number of Topliss-reactive ketones (excluding diaryl/α,β-unsaturated/α-hetero) is 2. The van der Waals surface area contributed by atoms with Gasteiger partial charge in [0.1, 0.15) is 11.6 Å². The average molecular weight is 301 g/mol. The van der Waals surface area contributed by atoms with Crippen LogP contribution >= 0.6 is 0 Å². The number of anilines is 1. The molecule has 0 saturated carbocycles. The molecule has 0 N–H and O–H groups in total. The van der Waals surface area contributed by atoms with Gasteiger partial charge in [0.15, 0.2) is 0 Å². The van der Waals surface area contributed by atoms with Crippen molar-refractivity contribution in [1.29, 1.82) is 0 Å². The largest absolute Gasteiger partial charge is 0.314 e. The highest BCUT2D eigenvalue weighted by molar-refractivity contribution is 6.09. The Morgan fingerprint density at radius 2 is 1.77 bits per heavy atom. The molecule has 1 aliphatic heterocycles. The third-order valence-electron chi connectivity index (χ3n) is 4.42. The van der Waals surface area contributed by atoms with Crippen LogP contribution in [0.4, 0.5) is 5.69 Å². The number of hydrogen-bond donors (Lipinski definition) is 0. The summed E-state index contributed by atoms with van der Waals surface area (Å²) < 4.78 is 0. The van der Waals surface area contributed by atoms with E-state index in [1.807, 2.05) is 31.2 Å². The number of para-hydroxylation sites is 1. The first-order chi connectivity index (χ1) is 10.4. The number of unbranched alkanes of at least 4 members (excludes halogenated alkanes) is 1. The Bertz CT molecular complexity index is 608. The van der Waals surface area contributed by atoms with E-state index < -0.39 is 5.41 Å². The number of ketones is 2. The number of rotatable bonds is 7. The molecule has 0 aliphatic carbocycles. The molecule has 0 bridgehead atoms. The van der Waals surface area contributed by atoms with E-state index in [1.165, 1.54) is 0 Å². The maximum absolute atomic E-state index is 12.6. The molecule has 0 fully saturated rings. The van der Waals surface area contributed by atoms with Gasteiger partial charge in [-0.1, -0.05) is 18.2 Å². The van der Waals surface area contributed by atoms with Crippen LogP contribution < -0.4 is 4.90 Å². The van der Waals surface area contributed by atoms with Crippen molar-refractivity contribution in [3.05, 3.63) is 29.8 Å². The Kier molecular flexibility index (Phi) is 4.79. The zero-order valence-electron chi connectivity index (χ0n) is 13.5. The predicted octanol–water partition coefficient (Wildman–Crippen LogP) is 3.03. The van der Waals surface area contributed by atoms with Crippen LogP contribution in [0.25, 0.3) is 0 Å². The quantitative estimate of drug-likeness (QED) is 0.727. The summed E-state index contributed by atoms with van der Waals surface area (Å²) in [7, 11) is 1.75. The predicted molar refractivity (Wildman–Crippen MR) is 86.0 cm³/mol. The van der Waals surface area contributed by atoms with Crippen molar-refractivity contribution in [2.45, 2.75) is 51.4 Å². The minimum atomic E-state index is -0.761. The first-order valence-corrected chi connectivity index (χ1v) is 7.75. The lowest BCUT2D eigenvalue weighted by atomic mass is 9.78. The van der Waals surface area contributed by atoms with E-state index in [4.69, 9.17) is 0 Å². The van der Waals surface area contributed by atoms with Crippen LogP contribution in [0.3, 0.4) is 0 Å². The second kappa shape index (κ2) is 6.42. The van der Waals surface area contributed by atoms with E-state index in [-0.39, 0.29) is 23.9 Å². The SMILES string of the molecule is CC(=O)CCCCC(=O)CC1(C)C(=O)N(C)c2ccccc21. The fraction of sp³-hybridized carbons (Fsp3) is 0.500. The maximum atomic E-state index is 12.6. The van der Waals surface area contributed by atoms with E-state index in [0.29, 0.717) is 19.3 Å². The lowest BCUT2D eigenvalue weighted by molar-refractivity contribution is -0.128. The van der Waals surface area contributed by atoms with Gasteiger partial charge in [0.05, 0.1) is 5.41 Å². The van der Waals surface area contributed by atoms with E-state index in [0.717, 1.165) is 17.7 Å². The van der Waals surface area contributed by atoms with Crippen molar-refractivity contribution in [2.24, 2.45) is 0 Å². The number of carbonyl (C=O) groups is 3. The van der Waals surface area contributed by atoms with Gasteiger partial charge in [-0.15, -0.1) is 0 Å². The molecule has 1 aromatic rings. The van der Waals surface area contributed by atoms with Crippen LogP contribution in [0, 0.1) is 0 Å². The third-order valence-corrected chi connectivity index (χ3v) is 4.42. The number of hydrogen-bond acceptors (Lipinski definition) is 3. The standard InChI is InChI=1S/C18H23NO3/c1-13(20)8-4-5-9-14(21)12-18(2)15-10-6-7-11-16(15)19(3)17(18)22/h6-7,10-11H,4-5,8-9,12H2,1-3H3. The van der Waals surface area contributed by atoms with E-state index in [1.54, 1.807) is 18.9 Å². The van der Waals surface area contributed by atoms with Gasteiger partial charge >= 0.3 is 0 Å². The van der Waals surface area contributed by atoms with Crippen molar-refractivity contribution in [1.82, 2.24) is 0 Å². The molecule has 118 valence electrons. The second-order valence-electron chi connectivity index (χ2n) is 6.34. The molecule has 4 heteroatoms. The zero-order valence-corrected chi connectivity index (χ0v) is 13.5. The van der Waals surface area contributed by atoms with Gasteiger partial charge in [-0.3, -0.25) is 9.59 Å². The number of amides is 1. The van der Waals surface area contributed by atoms with E-state index in [2.05, 4.69) is 0 Å². The first-order valence-electron chi connectivity index (χ1n) is 7.75. The van der Waals surface area contributed by atoms with Crippen LogP contribution in [0.1, 0.15) is 51.5 Å². The van der Waals surface area contributed by atoms with E-state index in [9.17, 15) is 14.4 Å². The Morgan fingerprint density at radius 1 is 1.14 bits per heavy atom. The monoisotopic (exact) mass is 301 g/mol. The molecule has 0 saturated heterocycles. The van der Waals surface area contributed by atoms with Gasteiger partial charge in [0.2, 0.25) is 5.91 Å². The molecule has 4 nitrogen and oxygen atoms in total. The van der Waals surface area contributed by atoms with Crippen LogP contribution in [-0.2, 0) is 19.8 Å². The fourth-order valence-electron chi connectivity index (χ4n) is 3.18. The average Bonchev–Trinajstić information content (AvgIpc) is 2.66. The lowest BCUT2D eigenvalue weighted by Crippen LogP contribution is -2.37. The molecule has 2 rings (SSSR count). The number of nitrogens with zero attached hydrogens (tertiary/aromatic N) is 1. The molecule has 0 radical (unpaired) electrons. The van der Waals surface area contributed by atoms with Crippen molar-refractivity contribution in [3.8, 4) is 0 Å². The normalized spacial score (nSPS) is 20.1. The fourth-order valence-corrected chi connectivity index (χ4v) is 3.18. The zero-order chi connectivity index (χ0) is 16.3. The summed E-state index contributed by atoms with van der Waals surface area (Å²) in [4.78, 5) is 37.4. The number of carbonyl (C=O) groups excluding carboxylic acids is 3. The van der Waals surface area contributed by atoms with Gasteiger partial charge in [0.25, 0.3) is 0 Å². The molecule has 1 unspecified atom stereocenters. The topological polar surface area (TPSA) is 54.5 Å². The summed E-state index contributed by atoms with van der Waals surface area (Å²) in [6, 6.07) is 7.65. The molecular weight excluding hydrogens is 278 g/mol. The summed E-state index contributed by atoms with van der Waals surface area (Å²) >= 11 is 0. The van der Waals surface area contributed by atoms with Crippen molar-refractivity contribution in [2.75, 3.05) is 11.9 Å². The van der Waals surface area contributed by atoms with Crippen LogP contribution in [-0.4, -0.2) is 24.5 Å². The highest BCUT2D eigenvalue weighted by Gasteiger charge is 2.46. The Hall–Kier alpha value is -1.97. The van der Waals surface area contributed by atoms with Gasteiger partial charge in [0, 0.05) is 32.0 Å². The molecule has 1 amide bonds. The van der Waals surface area contributed by atoms with E-state index >= 15 is 0 Å². The lowest BCUT2D eigenvalue weighted by Gasteiger charge is -2.22. The minimum absolute atomic E-state index is 0.0224. The summed E-state index contributed by atoms with van der Waals surface area (Å²) in [6.45, 7) is 3.41. The summed E-state index contributed by atoms with van der Waals surface area (Å²) in [5.41, 5.74) is 1.06. The molecule has 0 spiro atoms. The molecule has 22 heavy (non-hydrogen) atoms. The van der Waals surface area contributed by atoms with Gasteiger partial charge in [-0.05, 0) is 38.3 Å². The summed E-state index contributed by atoms with van der Waals surface area (Å²) in [6.07, 6.45) is 2.63. The Balaban J connectivity index is 2.04. The van der Waals surface area contributed by atoms with Gasteiger partial charge < -0.3 is 9.69 Å². The highest BCUT2D eigenvalue weighted by atomic mass is 16.2. The smallest absolute Gasteiger partial charge is 0.237 e. The summed E-state index contributed by atoms with van der Waals surface area (Å²) in [5, 5.41) is 0. The number of fused-ring (bicyclic) bond motifs is 1. The molecule has 0 aromatic heterocycles. The first kappa shape index (κ1) is 16.4. The molecule has 1 aromatic carbocycles. The van der Waals surface area contributed by atoms with Gasteiger partial charge in [-0.25, -0.2) is 0 Å². The van der Waals surface area contributed by atoms with Crippen LogP contribution in [0.5, 0.6) is 0 Å². The Labute approximate surface area is 131 Å². The molecular formula is C18H23NO3. The third kappa shape index (κ3) is 3.11. The highest BCUT2D eigenvalue weighted by Crippen LogP contribution is 2.43. The second-order valence-corrected chi connectivity index (χ2v) is 6.34. The Morgan fingerprint density at radius 3 is 2.45 bits per heavy atom. The maximum Gasteiger partial charge on any atom is 0.237 e. The summed E-state index contributed by atoms with van der Waals surface area (Å²) in [5.74, 6) is 0.219. The van der Waals surface area contributed by atoms with Crippen molar-refractivity contribution >= 4 is 23.2 Å². The van der Waals surface area contributed by atoms with Crippen molar-refractivity contribution < 1.29 is 14.4 Å². The number of benzene rings is 1. The van der Waals surface area contributed by atoms with Crippen LogP contribution in [0.15, 0.2) is 24.3 Å². The van der Waals surface area contributed by atoms with Gasteiger partial charge in [-0.2, -0.15) is 0 Å². The van der Waals surface area contributed by atoms with Crippen molar-refractivity contribution in [3.63, 3.8) is 0 Å². The molecule has 1 aliphatic rings. The number of likely N-dealkylation sites (N-methyl/N-ethyl adjacent to an activating group) is 1. The minimum Gasteiger partial charge on any atom is -0.314 e. The van der Waals surface area contributed by atoms with Crippen LogP contribution in [0.2, 0.25) is 0 Å².